The van der Waals surface area contributed by atoms with Crippen LogP contribution >= 0.6 is 0 Å². The lowest BCUT2D eigenvalue weighted by molar-refractivity contribution is -0.137. The number of Topliss-reactive ketones (excluding diaryl/α,β-unsaturated/α-hetero) is 1. The second-order valence-electron chi connectivity index (χ2n) is 6.34. The first-order valence-electron chi connectivity index (χ1n) is 7.87. The van der Waals surface area contributed by atoms with E-state index in [2.05, 4.69) is 0 Å². The van der Waals surface area contributed by atoms with Crippen molar-refractivity contribution >= 4 is 11.9 Å². The van der Waals surface area contributed by atoms with E-state index in [0.29, 0.717) is 11.5 Å². The van der Waals surface area contributed by atoms with Crippen LogP contribution in [0.2, 0.25) is 0 Å². The number of allylic oxidation sites excluding steroid dienone is 1. The largest absolute Gasteiger partial charge is 0.416 e. The van der Waals surface area contributed by atoms with Crippen molar-refractivity contribution in [3.8, 4) is 0 Å². The van der Waals surface area contributed by atoms with Gasteiger partial charge in [0, 0.05) is 5.92 Å². The minimum Gasteiger partial charge on any atom is -0.294 e. The Morgan fingerprint density at radius 2 is 1.64 bits per heavy atom. The summed E-state index contributed by atoms with van der Waals surface area (Å²) < 4.78 is 37.6. The predicted octanol–water partition coefficient (Wildman–Crippen LogP) is 5.26. The molecule has 1 aromatic rings. The van der Waals surface area contributed by atoms with Gasteiger partial charge in [-0.15, -0.1) is 0 Å². The summed E-state index contributed by atoms with van der Waals surface area (Å²) >= 11 is 0. The van der Waals surface area contributed by atoms with Crippen LogP contribution in [0.5, 0.6) is 0 Å². The van der Waals surface area contributed by atoms with Gasteiger partial charge >= 0.3 is 6.18 Å². The normalized spacial score (nSPS) is 25.3. The third-order valence-corrected chi connectivity index (χ3v) is 4.93. The smallest absolute Gasteiger partial charge is 0.294 e. The lowest BCUT2D eigenvalue weighted by atomic mass is 9.88. The number of rotatable bonds is 2. The molecule has 0 saturated heterocycles. The fraction of sp³-hybridized carbons (Fsp3) is 0.500. The number of hydrogen-bond donors (Lipinski definition) is 0. The molecule has 3 rings (SSSR count). The van der Waals surface area contributed by atoms with Crippen molar-refractivity contribution in [2.45, 2.75) is 44.7 Å². The quantitative estimate of drug-likeness (QED) is 0.681. The first-order chi connectivity index (χ1) is 10.4. The molecule has 2 saturated carbocycles. The molecule has 0 spiro atoms. The molecule has 1 nitrogen and oxygen atoms in total. The van der Waals surface area contributed by atoms with Crippen molar-refractivity contribution in [2.24, 2.45) is 11.8 Å². The zero-order valence-electron chi connectivity index (χ0n) is 12.3. The van der Waals surface area contributed by atoms with Crippen LogP contribution in [0.25, 0.3) is 6.08 Å². The third-order valence-electron chi connectivity index (χ3n) is 4.93. The second kappa shape index (κ2) is 5.90. The van der Waals surface area contributed by atoms with Crippen LogP contribution in [0.15, 0.2) is 29.8 Å². The Morgan fingerprint density at radius 3 is 2.23 bits per heavy atom. The first-order valence-corrected chi connectivity index (χ1v) is 7.87. The zero-order valence-corrected chi connectivity index (χ0v) is 12.3. The molecule has 4 heteroatoms. The van der Waals surface area contributed by atoms with E-state index in [0.717, 1.165) is 43.4 Å². The molecule has 0 aliphatic heterocycles. The van der Waals surface area contributed by atoms with Crippen molar-refractivity contribution in [3.05, 3.63) is 41.0 Å². The maximum atomic E-state index is 12.5. The average Bonchev–Trinajstić information content (AvgIpc) is 3.09. The SMILES string of the molecule is O=C1/C(=C/c2ccc(C(F)(F)F)cc2)CCC1C1CCCC1. The van der Waals surface area contributed by atoms with Crippen molar-refractivity contribution in [1.29, 1.82) is 0 Å². The Kier molecular flexibility index (Phi) is 4.11. The van der Waals surface area contributed by atoms with Gasteiger partial charge in [-0.1, -0.05) is 25.0 Å². The highest BCUT2D eigenvalue weighted by Gasteiger charge is 2.36. The van der Waals surface area contributed by atoms with E-state index < -0.39 is 11.7 Å². The molecule has 0 radical (unpaired) electrons. The van der Waals surface area contributed by atoms with E-state index in [1.165, 1.54) is 25.0 Å². The Balaban J connectivity index is 1.74. The number of benzene rings is 1. The molecule has 0 N–H and O–H groups in total. The summed E-state index contributed by atoms with van der Waals surface area (Å²) in [6.07, 6.45) is 3.81. The van der Waals surface area contributed by atoms with E-state index in [1.54, 1.807) is 6.08 Å². The maximum absolute atomic E-state index is 12.5. The van der Waals surface area contributed by atoms with Gasteiger partial charge < -0.3 is 0 Å². The third kappa shape index (κ3) is 3.11. The number of carbonyl (C=O) groups excluding carboxylic acids is 1. The molecule has 0 amide bonds. The Morgan fingerprint density at radius 1 is 1.00 bits per heavy atom. The van der Waals surface area contributed by atoms with Crippen molar-refractivity contribution < 1.29 is 18.0 Å². The summed E-state index contributed by atoms with van der Waals surface area (Å²) in [5, 5.41) is 0. The van der Waals surface area contributed by atoms with Crippen LogP contribution in [0.4, 0.5) is 13.2 Å². The van der Waals surface area contributed by atoms with Gasteiger partial charge in [0.05, 0.1) is 5.56 Å². The van der Waals surface area contributed by atoms with Gasteiger partial charge in [0.2, 0.25) is 0 Å². The fourth-order valence-electron chi connectivity index (χ4n) is 3.73. The Bertz CT molecular complexity index is 577. The van der Waals surface area contributed by atoms with Crippen LogP contribution in [0, 0.1) is 11.8 Å². The van der Waals surface area contributed by atoms with Gasteiger partial charge in [0.15, 0.2) is 5.78 Å². The first kappa shape index (κ1) is 15.3. The second-order valence-corrected chi connectivity index (χ2v) is 6.34. The highest BCUT2D eigenvalue weighted by atomic mass is 19.4. The van der Waals surface area contributed by atoms with E-state index in [4.69, 9.17) is 0 Å². The molecule has 1 unspecified atom stereocenters. The molecule has 118 valence electrons. The van der Waals surface area contributed by atoms with Crippen molar-refractivity contribution in [3.63, 3.8) is 0 Å². The maximum Gasteiger partial charge on any atom is 0.416 e. The molecule has 0 bridgehead atoms. The zero-order chi connectivity index (χ0) is 15.7. The van der Waals surface area contributed by atoms with Crippen LogP contribution in [0.3, 0.4) is 0 Å². The van der Waals surface area contributed by atoms with Crippen LogP contribution in [0.1, 0.15) is 49.7 Å². The van der Waals surface area contributed by atoms with Gasteiger partial charge in [-0.2, -0.15) is 13.2 Å². The summed E-state index contributed by atoms with van der Waals surface area (Å²) in [6.45, 7) is 0. The minimum atomic E-state index is -4.32. The van der Waals surface area contributed by atoms with Gasteiger partial charge in [0.1, 0.15) is 0 Å². The fourth-order valence-corrected chi connectivity index (χ4v) is 3.73. The van der Waals surface area contributed by atoms with E-state index in [9.17, 15) is 18.0 Å². The van der Waals surface area contributed by atoms with E-state index >= 15 is 0 Å². The topological polar surface area (TPSA) is 17.1 Å². The van der Waals surface area contributed by atoms with Crippen molar-refractivity contribution in [2.75, 3.05) is 0 Å². The monoisotopic (exact) mass is 308 g/mol. The standard InChI is InChI=1S/C18H19F3O/c19-18(20,21)15-8-5-12(6-9-15)11-14-7-10-16(17(14)22)13-3-1-2-4-13/h5-6,8-9,11,13,16H,1-4,7,10H2/b14-11+. The molecular formula is C18H19F3O. The van der Waals surface area contributed by atoms with Crippen LogP contribution in [-0.4, -0.2) is 5.78 Å². The van der Waals surface area contributed by atoms with Gasteiger partial charge in [-0.3, -0.25) is 4.79 Å². The van der Waals surface area contributed by atoms with Gasteiger partial charge in [-0.05, 0) is 60.9 Å². The molecular weight excluding hydrogens is 289 g/mol. The highest BCUT2D eigenvalue weighted by molar-refractivity contribution is 6.03. The molecule has 1 atom stereocenters. The number of ketones is 1. The molecule has 2 fully saturated rings. The number of carbonyl (C=O) groups is 1. The molecule has 1 aromatic carbocycles. The van der Waals surface area contributed by atoms with Crippen molar-refractivity contribution in [1.82, 2.24) is 0 Å². The predicted molar refractivity (Wildman–Crippen MR) is 79.1 cm³/mol. The molecule has 22 heavy (non-hydrogen) atoms. The summed E-state index contributed by atoms with van der Waals surface area (Å²) in [4.78, 5) is 12.5. The van der Waals surface area contributed by atoms with Crippen LogP contribution < -0.4 is 0 Å². The van der Waals surface area contributed by atoms with Gasteiger partial charge in [-0.25, -0.2) is 0 Å². The molecule has 0 aromatic heterocycles. The molecule has 2 aliphatic carbocycles. The summed E-state index contributed by atoms with van der Waals surface area (Å²) in [5.74, 6) is 0.876. The highest BCUT2D eigenvalue weighted by Crippen LogP contribution is 2.41. The summed E-state index contributed by atoms with van der Waals surface area (Å²) in [5.41, 5.74) is 0.788. The lowest BCUT2D eigenvalue weighted by Gasteiger charge is -2.15. The number of hydrogen-bond acceptors (Lipinski definition) is 1. The Hall–Kier alpha value is -1.58. The number of alkyl halides is 3. The lowest BCUT2D eigenvalue weighted by Crippen LogP contribution is -2.16. The van der Waals surface area contributed by atoms with E-state index in [-0.39, 0.29) is 11.7 Å². The molecule has 2 aliphatic rings. The summed E-state index contributed by atoms with van der Waals surface area (Å²) in [7, 11) is 0. The molecule has 0 heterocycles. The average molecular weight is 308 g/mol. The van der Waals surface area contributed by atoms with E-state index in [1.807, 2.05) is 0 Å². The number of halogens is 3. The van der Waals surface area contributed by atoms with Crippen LogP contribution in [-0.2, 0) is 11.0 Å². The van der Waals surface area contributed by atoms with Gasteiger partial charge in [0.25, 0.3) is 0 Å². The minimum absolute atomic E-state index is 0.142. The summed E-state index contributed by atoms with van der Waals surface area (Å²) in [6, 6.07) is 5.01. The Labute approximate surface area is 128 Å².